The molecule has 2 aromatic rings. The van der Waals surface area contributed by atoms with Crippen LogP contribution in [0, 0.1) is 5.92 Å². The minimum absolute atomic E-state index is 0.0120. The molecule has 4 heteroatoms. The Morgan fingerprint density at radius 2 is 2.00 bits per heavy atom. The van der Waals surface area contributed by atoms with Crippen LogP contribution in [0.15, 0.2) is 29.1 Å². The maximum atomic E-state index is 12.0. The van der Waals surface area contributed by atoms with E-state index in [4.69, 9.17) is 4.74 Å². The molecule has 1 aromatic carbocycles. The zero-order chi connectivity index (χ0) is 11.8. The average molecular weight is 232 g/mol. The highest BCUT2D eigenvalue weighted by atomic mass is 16.5. The summed E-state index contributed by atoms with van der Waals surface area (Å²) in [7, 11) is 1.79. The monoisotopic (exact) mass is 232 g/mol. The summed E-state index contributed by atoms with van der Waals surface area (Å²) >= 11 is 0. The van der Waals surface area contributed by atoms with Crippen LogP contribution in [-0.2, 0) is 18.5 Å². The van der Waals surface area contributed by atoms with Gasteiger partial charge in [0.15, 0.2) is 0 Å². The second-order valence-corrected chi connectivity index (χ2v) is 4.70. The smallest absolute Gasteiger partial charge is 0.330 e. The van der Waals surface area contributed by atoms with Gasteiger partial charge in [-0.2, -0.15) is 0 Å². The molecule has 90 valence electrons. The van der Waals surface area contributed by atoms with Crippen molar-refractivity contribution < 1.29 is 4.74 Å². The predicted molar refractivity (Wildman–Crippen MR) is 65.9 cm³/mol. The third kappa shape index (κ3) is 1.89. The molecule has 1 heterocycles. The highest BCUT2D eigenvalue weighted by molar-refractivity contribution is 5.75. The number of fused-ring (bicyclic) bond motifs is 1. The summed E-state index contributed by atoms with van der Waals surface area (Å²) in [4.78, 5) is 12.0. The van der Waals surface area contributed by atoms with Crippen LogP contribution in [0.5, 0.6) is 0 Å². The van der Waals surface area contributed by atoms with Gasteiger partial charge in [0.25, 0.3) is 0 Å². The molecular formula is C13H16N2O2. The molecule has 1 aliphatic rings. The minimum Gasteiger partial charge on any atom is -0.360 e. The Labute approximate surface area is 99.4 Å². The van der Waals surface area contributed by atoms with Gasteiger partial charge in [0.05, 0.1) is 17.6 Å². The van der Waals surface area contributed by atoms with E-state index in [0.29, 0.717) is 6.73 Å². The Morgan fingerprint density at radius 3 is 2.71 bits per heavy atom. The van der Waals surface area contributed by atoms with Crippen molar-refractivity contribution in [2.75, 3.05) is 6.61 Å². The number of benzene rings is 1. The number of para-hydroxylation sites is 2. The number of hydrogen-bond acceptors (Lipinski definition) is 2. The Morgan fingerprint density at radius 1 is 1.29 bits per heavy atom. The van der Waals surface area contributed by atoms with Crippen LogP contribution in [0.3, 0.4) is 0 Å². The van der Waals surface area contributed by atoms with E-state index in [0.717, 1.165) is 23.6 Å². The number of hydrogen-bond donors (Lipinski definition) is 0. The SMILES string of the molecule is Cn1c(=O)n(COCC2CC2)c2ccccc21. The molecule has 1 aliphatic carbocycles. The van der Waals surface area contributed by atoms with Gasteiger partial charge in [-0.3, -0.25) is 9.13 Å². The van der Waals surface area contributed by atoms with Gasteiger partial charge in [-0.25, -0.2) is 4.79 Å². The van der Waals surface area contributed by atoms with E-state index in [1.807, 2.05) is 24.3 Å². The average Bonchev–Trinajstić information content (AvgIpc) is 3.13. The lowest BCUT2D eigenvalue weighted by Crippen LogP contribution is -2.23. The predicted octanol–water partition coefficient (Wildman–Crippen LogP) is 1.72. The quantitative estimate of drug-likeness (QED) is 0.804. The molecule has 1 fully saturated rings. The van der Waals surface area contributed by atoms with Crippen molar-refractivity contribution in [1.29, 1.82) is 0 Å². The second kappa shape index (κ2) is 4.04. The maximum Gasteiger partial charge on any atom is 0.330 e. The van der Waals surface area contributed by atoms with E-state index in [1.165, 1.54) is 12.8 Å². The lowest BCUT2D eigenvalue weighted by molar-refractivity contribution is 0.0691. The summed E-state index contributed by atoms with van der Waals surface area (Å²) in [6.07, 6.45) is 2.54. The standard InChI is InChI=1S/C13H16N2O2/c1-14-11-4-2-3-5-12(11)15(13(14)16)9-17-8-10-6-7-10/h2-5,10H,6-9H2,1H3. The van der Waals surface area contributed by atoms with Crippen molar-refractivity contribution in [2.24, 2.45) is 13.0 Å². The van der Waals surface area contributed by atoms with Gasteiger partial charge >= 0.3 is 5.69 Å². The van der Waals surface area contributed by atoms with Crippen LogP contribution in [0.1, 0.15) is 12.8 Å². The van der Waals surface area contributed by atoms with E-state index in [-0.39, 0.29) is 5.69 Å². The van der Waals surface area contributed by atoms with Crippen LogP contribution in [0.25, 0.3) is 11.0 Å². The molecule has 4 nitrogen and oxygen atoms in total. The molecule has 1 saturated carbocycles. The van der Waals surface area contributed by atoms with E-state index in [9.17, 15) is 4.79 Å². The molecule has 0 spiro atoms. The molecule has 3 rings (SSSR count). The third-order valence-electron chi connectivity index (χ3n) is 3.32. The fourth-order valence-corrected chi connectivity index (χ4v) is 2.08. The minimum atomic E-state index is -0.0120. The Hall–Kier alpha value is -1.55. The summed E-state index contributed by atoms with van der Waals surface area (Å²) in [5, 5.41) is 0. The molecule has 0 atom stereocenters. The summed E-state index contributed by atoms with van der Waals surface area (Å²) in [5.74, 6) is 0.723. The van der Waals surface area contributed by atoms with E-state index < -0.39 is 0 Å². The summed E-state index contributed by atoms with van der Waals surface area (Å²) in [6, 6.07) is 7.79. The molecule has 0 amide bonds. The maximum absolute atomic E-state index is 12.0. The van der Waals surface area contributed by atoms with E-state index in [1.54, 1.807) is 16.2 Å². The van der Waals surface area contributed by atoms with Crippen molar-refractivity contribution >= 4 is 11.0 Å². The zero-order valence-corrected chi connectivity index (χ0v) is 9.93. The second-order valence-electron chi connectivity index (χ2n) is 4.70. The number of imidazole rings is 1. The lowest BCUT2D eigenvalue weighted by atomic mass is 10.3. The molecule has 0 bridgehead atoms. The molecule has 0 unspecified atom stereocenters. The van der Waals surface area contributed by atoms with Crippen LogP contribution in [-0.4, -0.2) is 15.7 Å². The lowest BCUT2D eigenvalue weighted by Gasteiger charge is -2.04. The fraction of sp³-hybridized carbons (Fsp3) is 0.462. The Bertz CT molecular complexity index is 593. The summed E-state index contributed by atoms with van der Waals surface area (Å²) < 4.78 is 8.95. The van der Waals surface area contributed by atoms with Gasteiger partial charge < -0.3 is 4.74 Å². The first-order chi connectivity index (χ1) is 8.27. The van der Waals surface area contributed by atoms with Crippen LogP contribution < -0.4 is 5.69 Å². The molecule has 0 aliphatic heterocycles. The first-order valence-electron chi connectivity index (χ1n) is 5.99. The number of ether oxygens (including phenoxy) is 1. The highest BCUT2D eigenvalue weighted by Crippen LogP contribution is 2.28. The van der Waals surface area contributed by atoms with Crippen LogP contribution in [0.2, 0.25) is 0 Å². The normalized spacial score (nSPS) is 15.6. The van der Waals surface area contributed by atoms with Crippen molar-refractivity contribution in [3.8, 4) is 0 Å². The first kappa shape index (κ1) is 10.6. The van der Waals surface area contributed by atoms with Gasteiger partial charge in [-0.15, -0.1) is 0 Å². The molecule has 0 N–H and O–H groups in total. The van der Waals surface area contributed by atoms with Gasteiger partial charge in [-0.1, -0.05) is 12.1 Å². The molecule has 0 radical (unpaired) electrons. The van der Waals surface area contributed by atoms with Crippen molar-refractivity contribution in [3.63, 3.8) is 0 Å². The topological polar surface area (TPSA) is 36.2 Å². The number of nitrogens with zero attached hydrogens (tertiary/aromatic N) is 2. The summed E-state index contributed by atoms with van der Waals surface area (Å²) in [6.45, 7) is 1.13. The third-order valence-corrected chi connectivity index (χ3v) is 3.32. The molecule has 0 saturated heterocycles. The highest BCUT2D eigenvalue weighted by Gasteiger charge is 2.21. The number of rotatable bonds is 4. The summed E-state index contributed by atoms with van der Waals surface area (Å²) in [5.41, 5.74) is 1.88. The van der Waals surface area contributed by atoms with Crippen molar-refractivity contribution in [1.82, 2.24) is 9.13 Å². The zero-order valence-electron chi connectivity index (χ0n) is 9.93. The van der Waals surface area contributed by atoms with Gasteiger partial charge in [0.2, 0.25) is 0 Å². The van der Waals surface area contributed by atoms with Gasteiger partial charge in [-0.05, 0) is 30.9 Å². The fourth-order valence-electron chi connectivity index (χ4n) is 2.08. The van der Waals surface area contributed by atoms with Gasteiger partial charge in [0, 0.05) is 7.05 Å². The van der Waals surface area contributed by atoms with E-state index >= 15 is 0 Å². The number of aryl methyl sites for hydroxylation is 1. The largest absolute Gasteiger partial charge is 0.360 e. The molecule has 1 aromatic heterocycles. The van der Waals surface area contributed by atoms with E-state index in [2.05, 4.69) is 0 Å². The van der Waals surface area contributed by atoms with Crippen LogP contribution in [0.4, 0.5) is 0 Å². The van der Waals surface area contributed by atoms with Crippen molar-refractivity contribution in [2.45, 2.75) is 19.6 Å². The molecular weight excluding hydrogens is 216 g/mol. The van der Waals surface area contributed by atoms with Crippen LogP contribution >= 0.6 is 0 Å². The first-order valence-corrected chi connectivity index (χ1v) is 5.99. The number of aromatic nitrogens is 2. The van der Waals surface area contributed by atoms with Crippen molar-refractivity contribution in [3.05, 3.63) is 34.7 Å². The Balaban J connectivity index is 1.91. The Kier molecular flexibility index (Phi) is 2.52. The molecule has 17 heavy (non-hydrogen) atoms. The van der Waals surface area contributed by atoms with Gasteiger partial charge in [0.1, 0.15) is 6.73 Å².